The van der Waals surface area contributed by atoms with Crippen LogP contribution in [0.15, 0.2) is 24.5 Å². The molecule has 1 aromatic carbocycles. The molecule has 0 aliphatic rings. The van der Waals surface area contributed by atoms with Crippen LogP contribution >= 0.6 is 0 Å². The molecule has 0 fully saturated rings. The van der Waals surface area contributed by atoms with Gasteiger partial charge in [0, 0.05) is 24.3 Å². The predicted molar refractivity (Wildman–Crippen MR) is 68.8 cm³/mol. The van der Waals surface area contributed by atoms with Crippen LogP contribution in [0, 0.1) is 6.92 Å². The maximum absolute atomic E-state index is 5.84. The highest BCUT2D eigenvalue weighted by Crippen LogP contribution is 2.16. The van der Waals surface area contributed by atoms with Gasteiger partial charge in [-0.05, 0) is 31.0 Å². The Bertz CT molecular complexity index is 464. The van der Waals surface area contributed by atoms with Crippen LogP contribution in [0.4, 0.5) is 11.4 Å². The Balaban J connectivity index is 1.76. The molecule has 0 saturated heterocycles. The summed E-state index contributed by atoms with van der Waals surface area (Å²) < 4.78 is 0. The smallest absolute Gasteiger partial charge is 0.137 e. The van der Waals surface area contributed by atoms with E-state index in [4.69, 9.17) is 5.73 Å². The van der Waals surface area contributed by atoms with Crippen molar-refractivity contribution in [3.63, 3.8) is 0 Å². The highest BCUT2D eigenvalue weighted by atomic mass is 15.2. The molecule has 0 saturated carbocycles. The first-order valence-corrected chi connectivity index (χ1v) is 5.70. The molecule has 2 aromatic rings. The standard InChI is InChI=1S/C12H17N5/c1-9-4-5-10(7-11(9)13)14-6-2-3-12-15-8-16-17-12/h4-5,7-8,14H,2-3,6,13H2,1H3,(H,15,16,17). The van der Waals surface area contributed by atoms with Crippen LogP contribution in [0.2, 0.25) is 0 Å². The van der Waals surface area contributed by atoms with Crippen molar-refractivity contribution in [1.82, 2.24) is 15.2 Å². The van der Waals surface area contributed by atoms with E-state index in [1.807, 2.05) is 25.1 Å². The number of nitrogens with zero attached hydrogens (tertiary/aromatic N) is 2. The lowest BCUT2D eigenvalue weighted by Crippen LogP contribution is -2.04. The molecule has 2 rings (SSSR count). The van der Waals surface area contributed by atoms with Gasteiger partial charge in [-0.3, -0.25) is 5.10 Å². The van der Waals surface area contributed by atoms with E-state index in [1.165, 1.54) is 6.33 Å². The second kappa shape index (κ2) is 5.34. The van der Waals surface area contributed by atoms with Gasteiger partial charge in [0.15, 0.2) is 0 Å². The van der Waals surface area contributed by atoms with E-state index in [0.29, 0.717) is 0 Å². The average molecular weight is 231 g/mol. The number of nitrogens with two attached hydrogens (primary N) is 1. The Morgan fingerprint density at radius 3 is 3.00 bits per heavy atom. The molecule has 0 aliphatic carbocycles. The number of aromatic amines is 1. The van der Waals surface area contributed by atoms with Crippen LogP contribution in [-0.4, -0.2) is 21.7 Å². The van der Waals surface area contributed by atoms with Crippen LogP contribution in [0.5, 0.6) is 0 Å². The van der Waals surface area contributed by atoms with Gasteiger partial charge < -0.3 is 11.1 Å². The Morgan fingerprint density at radius 1 is 1.41 bits per heavy atom. The van der Waals surface area contributed by atoms with Gasteiger partial charge in [-0.2, -0.15) is 5.10 Å². The number of nitrogen functional groups attached to an aromatic ring is 1. The molecule has 5 nitrogen and oxygen atoms in total. The zero-order chi connectivity index (χ0) is 12.1. The number of aryl methyl sites for hydroxylation is 2. The fraction of sp³-hybridized carbons (Fsp3) is 0.333. The van der Waals surface area contributed by atoms with Crippen LogP contribution < -0.4 is 11.1 Å². The largest absolute Gasteiger partial charge is 0.398 e. The molecule has 4 N–H and O–H groups in total. The van der Waals surface area contributed by atoms with Gasteiger partial charge in [-0.15, -0.1) is 0 Å². The van der Waals surface area contributed by atoms with Crippen LogP contribution in [0.25, 0.3) is 0 Å². The predicted octanol–water partition coefficient (Wildman–Crippen LogP) is 1.74. The highest BCUT2D eigenvalue weighted by molar-refractivity contribution is 5.58. The maximum atomic E-state index is 5.84. The molecule has 1 aromatic heterocycles. The summed E-state index contributed by atoms with van der Waals surface area (Å²) in [6.45, 7) is 2.90. The van der Waals surface area contributed by atoms with E-state index in [0.717, 1.165) is 42.1 Å². The lowest BCUT2D eigenvalue weighted by Gasteiger charge is -2.07. The first-order chi connectivity index (χ1) is 8.25. The fourth-order valence-corrected chi connectivity index (χ4v) is 1.59. The molecule has 0 unspecified atom stereocenters. The molecule has 0 atom stereocenters. The van der Waals surface area contributed by atoms with Crippen molar-refractivity contribution in [3.05, 3.63) is 35.9 Å². The summed E-state index contributed by atoms with van der Waals surface area (Å²) in [6, 6.07) is 6.03. The van der Waals surface area contributed by atoms with Gasteiger partial charge in [-0.1, -0.05) is 6.07 Å². The van der Waals surface area contributed by atoms with E-state index < -0.39 is 0 Å². The van der Waals surface area contributed by atoms with Crippen LogP contribution in [0.1, 0.15) is 17.8 Å². The minimum absolute atomic E-state index is 0.824. The fourth-order valence-electron chi connectivity index (χ4n) is 1.59. The molecular weight excluding hydrogens is 214 g/mol. The summed E-state index contributed by atoms with van der Waals surface area (Å²) in [7, 11) is 0. The zero-order valence-corrected chi connectivity index (χ0v) is 9.90. The zero-order valence-electron chi connectivity index (χ0n) is 9.90. The van der Waals surface area contributed by atoms with Crippen molar-refractivity contribution in [2.75, 3.05) is 17.6 Å². The average Bonchev–Trinajstić information content (AvgIpc) is 2.82. The van der Waals surface area contributed by atoms with E-state index in [2.05, 4.69) is 20.5 Å². The first kappa shape index (κ1) is 11.4. The van der Waals surface area contributed by atoms with Crippen molar-refractivity contribution in [3.8, 4) is 0 Å². The van der Waals surface area contributed by atoms with Crippen molar-refractivity contribution in [1.29, 1.82) is 0 Å². The van der Waals surface area contributed by atoms with Crippen molar-refractivity contribution < 1.29 is 0 Å². The molecule has 0 spiro atoms. The molecule has 1 heterocycles. The van der Waals surface area contributed by atoms with E-state index >= 15 is 0 Å². The summed E-state index contributed by atoms with van der Waals surface area (Å²) >= 11 is 0. The molecule has 0 aliphatic heterocycles. The number of nitrogens with one attached hydrogen (secondary N) is 2. The van der Waals surface area contributed by atoms with Crippen molar-refractivity contribution in [2.24, 2.45) is 0 Å². The lowest BCUT2D eigenvalue weighted by molar-refractivity contribution is 0.806. The van der Waals surface area contributed by atoms with Crippen molar-refractivity contribution >= 4 is 11.4 Å². The summed E-state index contributed by atoms with van der Waals surface area (Å²) in [6.07, 6.45) is 3.43. The summed E-state index contributed by atoms with van der Waals surface area (Å²) in [4.78, 5) is 4.07. The minimum Gasteiger partial charge on any atom is -0.398 e. The number of benzene rings is 1. The molecule has 0 amide bonds. The number of H-pyrrole nitrogens is 1. The lowest BCUT2D eigenvalue weighted by atomic mass is 10.2. The molecule has 17 heavy (non-hydrogen) atoms. The van der Waals surface area contributed by atoms with Gasteiger partial charge in [-0.25, -0.2) is 4.98 Å². The van der Waals surface area contributed by atoms with Crippen LogP contribution in [0.3, 0.4) is 0 Å². The van der Waals surface area contributed by atoms with Gasteiger partial charge in [0.2, 0.25) is 0 Å². The van der Waals surface area contributed by atoms with E-state index in [-0.39, 0.29) is 0 Å². The van der Waals surface area contributed by atoms with E-state index in [9.17, 15) is 0 Å². The summed E-state index contributed by atoms with van der Waals surface area (Å²) in [5.74, 6) is 0.926. The number of hydrogen-bond donors (Lipinski definition) is 3. The summed E-state index contributed by atoms with van der Waals surface area (Å²) in [5.41, 5.74) is 8.83. The number of rotatable bonds is 5. The third kappa shape index (κ3) is 3.21. The minimum atomic E-state index is 0.824. The maximum Gasteiger partial charge on any atom is 0.137 e. The third-order valence-corrected chi connectivity index (χ3v) is 2.66. The Kier molecular flexibility index (Phi) is 3.59. The molecule has 0 radical (unpaired) electrons. The van der Waals surface area contributed by atoms with Gasteiger partial charge in [0.05, 0.1) is 0 Å². The Hall–Kier alpha value is -2.04. The second-order valence-corrected chi connectivity index (χ2v) is 4.03. The quantitative estimate of drug-likeness (QED) is 0.541. The molecular formula is C12H17N5. The topological polar surface area (TPSA) is 79.6 Å². The molecule has 90 valence electrons. The second-order valence-electron chi connectivity index (χ2n) is 4.03. The third-order valence-electron chi connectivity index (χ3n) is 2.66. The number of aromatic nitrogens is 3. The molecule has 0 bridgehead atoms. The highest BCUT2D eigenvalue weighted by Gasteiger charge is 1.98. The summed E-state index contributed by atoms with van der Waals surface area (Å²) in [5, 5.41) is 9.98. The van der Waals surface area contributed by atoms with Crippen molar-refractivity contribution in [2.45, 2.75) is 19.8 Å². The normalized spacial score (nSPS) is 10.4. The number of hydrogen-bond acceptors (Lipinski definition) is 4. The Morgan fingerprint density at radius 2 is 2.29 bits per heavy atom. The van der Waals surface area contributed by atoms with Gasteiger partial charge in [0.1, 0.15) is 12.2 Å². The van der Waals surface area contributed by atoms with Gasteiger partial charge in [0.25, 0.3) is 0 Å². The van der Waals surface area contributed by atoms with Crippen LogP contribution in [-0.2, 0) is 6.42 Å². The Labute approximate surface area is 100 Å². The van der Waals surface area contributed by atoms with E-state index in [1.54, 1.807) is 0 Å². The monoisotopic (exact) mass is 231 g/mol. The number of anilines is 2. The SMILES string of the molecule is Cc1ccc(NCCCc2ncn[nH]2)cc1N. The van der Waals surface area contributed by atoms with Gasteiger partial charge >= 0.3 is 0 Å². The first-order valence-electron chi connectivity index (χ1n) is 5.70. The molecule has 5 heteroatoms.